The van der Waals surface area contributed by atoms with Crippen LogP contribution in [0.2, 0.25) is 0 Å². The van der Waals surface area contributed by atoms with Gasteiger partial charge in [-0.2, -0.15) is 0 Å². The molecule has 1 heterocycles. The Kier molecular flexibility index (Phi) is 6.07. The lowest BCUT2D eigenvalue weighted by molar-refractivity contribution is 0.0132. The third-order valence-electron chi connectivity index (χ3n) is 4.34. The Labute approximate surface area is 116 Å². The summed E-state index contributed by atoms with van der Waals surface area (Å²) < 4.78 is 11.2. The minimum Gasteiger partial charge on any atom is -0.394 e. The molecule has 1 saturated carbocycles. The summed E-state index contributed by atoms with van der Waals surface area (Å²) in [6, 6.07) is 0.639. The van der Waals surface area contributed by atoms with Crippen LogP contribution in [0, 0.1) is 0 Å². The number of hydrogen-bond donors (Lipinski definition) is 2. The number of rotatable bonds is 10. The number of ether oxygens (including phenoxy) is 2. The summed E-state index contributed by atoms with van der Waals surface area (Å²) in [5.41, 5.74) is -0.0889. The molecule has 0 amide bonds. The van der Waals surface area contributed by atoms with Crippen molar-refractivity contribution in [2.45, 2.75) is 69.6 Å². The molecule has 2 rings (SSSR count). The van der Waals surface area contributed by atoms with E-state index in [0.717, 1.165) is 45.5 Å². The average Bonchev–Trinajstić information content (AvgIpc) is 3.09. The molecule has 0 aromatic rings. The van der Waals surface area contributed by atoms with Gasteiger partial charge < -0.3 is 19.9 Å². The molecule has 112 valence electrons. The van der Waals surface area contributed by atoms with Gasteiger partial charge in [-0.1, -0.05) is 6.92 Å². The summed E-state index contributed by atoms with van der Waals surface area (Å²) in [6.45, 7) is 4.77. The SMILES string of the molecule is CCC(CO)(CCCOCC1CCCO1)NC1CC1. The number of hydrogen-bond acceptors (Lipinski definition) is 4. The summed E-state index contributed by atoms with van der Waals surface area (Å²) in [5.74, 6) is 0. The van der Waals surface area contributed by atoms with Crippen molar-refractivity contribution in [2.75, 3.05) is 26.4 Å². The smallest absolute Gasteiger partial charge is 0.0809 e. The van der Waals surface area contributed by atoms with Crippen LogP contribution in [0.15, 0.2) is 0 Å². The Bertz CT molecular complexity index is 246. The summed E-state index contributed by atoms with van der Waals surface area (Å²) in [6.07, 6.45) is 8.11. The zero-order chi connectivity index (χ0) is 13.6. The molecule has 4 heteroatoms. The second-order valence-electron chi connectivity index (χ2n) is 6.02. The van der Waals surface area contributed by atoms with Gasteiger partial charge in [0.25, 0.3) is 0 Å². The second kappa shape index (κ2) is 7.58. The first-order chi connectivity index (χ1) is 9.28. The summed E-state index contributed by atoms with van der Waals surface area (Å²) in [5, 5.41) is 13.3. The van der Waals surface area contributed by atoms with Crippen LogP contribution in [-0.2, 0) is 9.47 Å². The number of nitrogens with one attached hydrogen (secondary N) is 1. The van der Waals surface area contributed by atoms with Gasteiger partial charge >= 0.3 is 0 Å². The first kappa shape index (κ1) is 15.2. The molecule has 2 unspecified atom stereocenters. The molecule has 2 fully saturated rings. The lowest BCUT2D eigenvalue weighted by atomic mass is 9.91. The van der Waals surface area contributed by atoms with Gasteiger partial charge in [-0.3, -0.25) is 0 Å². The van der Waals surface area contributed by atoms with Gasteiger partial charge in [-0.25, -0.2) is 0 Å². The molecule has 0 aromatic carbocycles. The molecule has 2 atom stereocenters. The van der Waals surface area contributed by atoms with Crippen molar-refractivity contribution in [1.29, 1.82) is 0 Å². The first-order valence-electron chi connectivity index (χ1n) is 7.86. The Morgan fingerprint density at radius 3 is 2.79 bits per heavy atom. The van der Waals surface area contributed by atoms with Crippen molar-refractivity contribution in [2.24, 2.45) is 0 Å². The molecule has 0 bridgehead atoms. The zero-order valence-corrected chi connectivity index (χ0v) is 12.2. The van der Waals surface area contributed by atoms with E-state index in [2.05, 4.69) is 12.2 Å². The van der Waals surface area contributed by atoms with Crippen LogP contribution in [0.25, 0.3) is 0 Å². The molecule has 0 aromatic heterocycles. The maximum absolute atomic E-state index is 9.66. The summed E-state index contributed by atoms with van der Waals surface area (Å²) in [4.78, 5) is 0. The Morgan fingerprint density at radius 1 is 1.37 bits per heavy atom. The molecule has 0 spiro atoms. The lowest BCUT2D eigenvalue weighted by Crippen LogP contribution is -2.49. The average molecular weight is 271 g/mol. The van der Waals surface area contributed by atoms with E-state index in [0.29, 0.717) is 12.1 Å². The van der Waals surface area contributed by atoms with E-state index >= 15 is 0 Å². The highest BCUT2D eigenvalue weighted by molar-refractivity contribution is 4.94. The topological polar surface area (TPSA) is 50.7 Å². The first-order valence-corrected chi connectivity index (χ1v) is 7.86. The molecular weight excluding hydrogens is 242 g/mol. The molecule has 4 nitrogen and oxygen atoms in total. The van der Waals surface area contributed by atoms with Gasteiger partial charge in [-0.15, -0.1) is 0 Å². The highest BCUT2D eigenvalue weighted by Gasteiger charge is 2.33. The molecular formula is C15H29NO3. The predicted octanol–water partition coefficient (Wildman–Crippen LogP) is 1.86. The molecule has 0 radical (unpaired) electrons. The van der Waals surface area contributed by atoms with Crippen LogP contribution in [0.1, 0.15) is 51.9 Å². The van der Waals surface area contributed by atoms with Crippen molar-refractivity contribution in [3.05, 3.63) is 0 Å². The quantitative estimate of drug-likeness (QED) is 0.595. The fraction of sp³-hybridized carbons (Fsp3) is 1.00. The fourth-order valence-electron chi connectivity index (χ4n) is 2.75. The Morgan fingerprint density at radius 2 is 2.21 bits per heavy atom. The Balaban J connectivity index is 1.58. The van der Waals surface area contributed by atoms with Gasteiger partial charge in [0.15, 0.2) is 0 Å². The minimum atomic E-state index is -0.0889. The van der Waals surface area contributed by atoms with Gasteiger partial charge in [-0.05, 0) is 44.9 Å². The monoisotopic (exact) mass is 271 g/mol. The van der Waals surface area contributed by atoms with Crippen molar-refractivity contribution in [3.63, 3.8) is 0 Å². The number of aliphatic hydroxyl groups is 1. The third-order valence-corrected chi connectivity index (χ3v) is 4.34. The second-order valence-corrected chi connectivity index (χ2v) is 6.02. The number of aliphatic hydroxyl groups excluding tert-OH is 1. The largest absolute Gasteiger partial charge is 0.394 e. The molecule has 2 N–H and O–H groups in total. The van der Waals surface area contributed by atoms with E-state index in [4.69, 9.17) is 9.47 Å². The van der Waals surface area contributed by atoms with Gasteiger partial charge in [0.2, 0.25) is 0 Å². The van der Waals surface area contributed by atoms with Crippen LogP contribution in [0.4, 0.5) is 0 Å². The van der Waals surface area contributed by atoms with Crippen LogP contribution in [0.3, 0.4) is 0 Å². The molecule has 1 aliphatic heterocycles. The molecule has 19 heavy (non-hydrogen) atoms. The summed E-state index contributed by atoms with van der Waals surface area (Å²) >= 11 is 0. The minimum absolute atomic E-state index is 0.0889. The lowest BCUT2D eigenvalue weighted by Gasteiger charge is -2.32. The highest BCUT2D eigenvalue weighted by Crippen LogP contribution is 2.26. The van der Waals surface area contributed by atoms with Crippen LogP contribution in [0.5, 0.6) is 0 Å². The Hall–Kier alpha value is -0.160. The van der Waals surface area contributed by atoms with Crippen LogP contribution in [-0.4, -0.2) is 49.2 Å². The standard InChI is InChI=1S/C15H29NO3/c1-2-15(12-17,16-13-6-7-13)8-4-9-18-11-14-5-3-10-19-14/h13-14,16-17H,2-12H2,1H3. The maximum atomic E-state index is 9.66. The van der Waals surface area contributed by atoms with Crippen LogP contribution < -0.4 is 5.32 Å². The van der Waals surface area contributed by atoms with Crippen molar-refractivity contribution in [3.8, 4) is 0 Å². The molecule has 1 saturated heterocycles. The van der Waals surface area contributed by atoms with Crippen molar-refractivity contribution < 1.29 is 14.6 Å². The third kappa shape index (κ3) is 5.03. The van der Waals surface area contributed by atoms with Gasteiger partial charge in [0, 0.05) is 24.8 Å². The van der Waals surface area contributed by atoms with E-state index in [1.165, 1.54) is 19.3 Å². The fourth-order valence-corrected chi connectivity index (χ4v) is 2.75. The normalized spacial score (nSPS) is 26.5. The zero-order valence-electron chi connectivity index (χ0n) is 12.2. The van der Waals surface area contributed by atoms with Crippen molar-refractivity contribution >= 4 is 0 Å². The molecule has 2 aliphatic rings. The maximum Gasteiger partial charge on any atom is 0.0809 e. The van der Waals surface area contributed by atoms with Crippen LogP contribution >= 0.6 is 0 Å². The predicted molar refractivity (Wildman–Crippen MR) is 75.3 cm³/mol. The highest BCUT2D eigenvalue weighted by atomic mass is 16.5. The van der Waals surface area contributed by atoms with E-state index < -0.39 is 0 Å². The van der Waals surface area contributed by atoms with E-state index in [9.17, 15) is 5.11 Å². The molecule has 1 aliphatic carbocycles. The van der Waals surface area contributed by atoms with E-state index in [1.807, 2.05) is 0 Å². The van der Waals surface area contributed by atoms with Gasteiger partial charge in [0.1, 0.15) is 0 Å². The van der Waals surface area contributed by atoms with Crippen molar-refractivity contribution in [1.82, 2.24) is 5.32 Å². The van der Waals surface area contributed by atoms with E-state index in [-0.39, 0.29) is 12.1 Å². The summed E-state index contributed by atoms with van der Waals surface area (Å²) in [7, 11) is 0. The van der Waals surface area contributed by atoms with E-state index in [1.54, 1.807) is 0 Å². The van der Waals surface area contributed by atoms with Gasteiger partial charge in [0.05, 0.1) is 19.3 Å².